The van der Waals surface area contributed by atoms with Crippen LogP contribution < -0.4 is 0 Å². The molecule has 0 spiro atoms. The predicted molar refractivity (Wildman–Crippen MR) is 71.0 cm³/mol. The quantitative estimate of drug-likeness (QED) is 0.741. The van der Waals surface area contributed by atoms with E-state index in [0.29, 0.717) is 0 Å². The Hall–Kier alpha value is -1.54. The van der Waals surface area contributed by atoms with E-state index in [1.807, 2.05) is 12.1 Å². The van der Waals surface area contributed by atoms with Crippen molar-refractivity contribution in [3.63, 3.8) is 0 Å². The van der Waals surface area contributed by atoms with E-state index in [2.05, 4.69) is 37.1 Å². The van der Waals surface area contributed by atoms with Gasteiger partial charge in [0.05, 0.1) is 0 Å². The maximum absolute atomic E-state index is 5.99. The lowest BCUT2D eigenvalue weighted by Crippen LogP contribution is -2.23. The summed E-state index contributed by atoms with van der Waals surface area (Å²) in [6, 6.07) is 8.27. The van der Waals surface area contributed by atoms with E-state index in [0.717, 1.165) is 30.9 Å². The van der Waals surface area contributed by atoms with E-state index in [9.17, 15) is 0 Å². The van der Waals surface area contributed by atoms with Gasteiger partial charge >= 0.3 is 0 Å². The van der Waals surface area contributed by atoms with Crippen LogP contribution >= 0.6 is 0 Å². The zero-order chi connectivity index (χ0) is 11.8. The Labute approximate surface area is 102 Å². The monoisotopic (exact) mass is 227 g/mol. The molecule has 0 fully saturated rings. The van der Waals surface area contributed by atoms with Crippen LogP contribution in [0.2, 0.25) is 0 Å². The molecule has 0 bridgehead atoms. The normalized spacial score (nSPS) is 17.4. The van der Waals surface area contributed by atoms with Crippen LogP contribution in [0.5, 0.6) is 0 Å². The van der Waals surface area contributed by atoms with Crippen molar-refractivity contribution < 1.29 is 4.42 Å². The summed E-state index contributed by atoms with van der Waals surface area (Å²) in [7, 11) is 2.15. The maximum atomic E-state index is 5.99. The molecule has 0 saturated heterocycles. The van der Waals surface area contributed by atoms with Crippen molar-refractivity contribution in [1.29, 1.82) is 0 Å². The Kier molecular flexibility index (Phi) is 2.52. The van der Waals surface area contributed by atoms with E-state index in [-0.39, 0.29) is 0 Å². The molecule has 1 aliphatic rings. The number of furan rings is 1. The lowest BCUT2D eigenvalue weighted by Gasteiger charge is -2.21. The molecule has 88 valence electrons. The third-order valence-electron chi connectivity index (χ3n) is 3.55. The molecule has 0 N–H and O–H groups in total. The van der Waals surface area contributed by atoms with Gasteiger partial charge in [0, 0.05) is 24.0 Å². The molecule has 2 nitrogen and oxygen atoms in total. The fourth-order valence-corrected chi connectivity index (χ4v) is 2.46. The number of aryl methyl sites for hydroxylation is 1. The molecular formula is C15H17NO. The van der Waals surface area contributed by atoms with Crippen LogP contribution in [0.15, 0.2) is 34.8 Å². The molecule has 0 amide bonds. The fraction of sp³-hybridized carbons (Fsp3) is 0.333. The average Bonchev–Trinajstić information content (AvgIpc) is 2.69. The minimum absolute atomic E-state index is 1.000. The van der Waals surface area contributed by atoms with E-state index in [1.165, 1.54) is 16.5 Å². The number of hydrogen-bond acceptors (Lipinski definition) is 2. The molecule has 2 aromatic rings. The summed E-state index contributed by atoms with van der Waals surface area (Å²) >= 11 is 0. The summed E-state index contributed by atoms with van der Waals surface area (Å²) < 4.78 is 5.99. The fourth-order valence-electron chi connectivity index (χ4n) is 2.46. The van der Waals surface area contributed by atoms with Crippen molar-refractivity contribution in [2.45, 2.75) is 13.3 Å². The van der Waals surface area contributed by atoms with Crippen LogP contribution in [0, 0.1) is 6.92 Å². The SMILES string of the molecule is Cc1c(C2=CCN(C)CC2)oc2ccccc12. The summed E-state index contributed by atoms with van der Waals surface area (Å²) in [6.45, 7) is 4.29. The van der Waals surface area contributed by atoms with Gasteiger partial charge in [0.25, 0.3) is 0 Å². The van der Waals surface area contributed by atoms with Crippen LogP contribution in [-0.2, 0) is 0 Å². The minimum atomic E-state index is 1.000. The molecule has 1 aliphatic heterocycles. The van der Waals surface area contributed by atoms with Gasteiger partial charge in [-0.3, -0.25) is 0 Å². The van der Waals surface area contributed by atoms with Gasteiger partial charge in [0.15, 0.2) is 0 Å². The number of para-hydroxylation sites is 1. The summed E-state index contributed by atoms with van der Waals surface area (Å²) in [5.41, 5.74) is 3.63. The second kappa shape index (κ2) is 4.04. The molecule has 0 atom stereocenters. The Bertz CT molecular complexity index is 580. The predicted octanol–water partition coefficient (Wildman–Crippen LogP) is 3.46. The molecule has 0 aliphatic carbocycles. The van der Waals surface area contributed by atoms with Crippen molar-refractivity contribution in [3.05, 3.63) is 41.7 Å². The second-order valence-electron chi connectivity index (χ2n) is 4.79. The minimum Gasteiger partial charge on any atom is -0.456 e. The highest BCUT2D eigenvalue weighted by Crippen LogP contribution is 2.32. The van der Waals surface area contributed by atoms with Crippen molar-refractivity contribution >= 4 is 16.5 Å². The largest absolute Gasteiger partial charge is 0.456 e. The van der Waals surface area contributed by atoms with Gasteiger partial charge in [-0.15, -0.1) is 0 Å². The van der Waals surface area contributed by atoms with Crippen LogP contribution in [0.25, 0.3) is 16.5 Å². The van der Waals surface area contributed by atoms with Gasteiger partial charge in [-0.2, -0.15) is 0 Å². The van der Waals surface area contributed by atoms with Crippen molar-refractivity contribution in [2.24, 2.45) is 0 Å². The van der Waals surface area contributed by atoms with Crippen molar-refractivity contribution in [3.8, 4) is 0 Å². The van der Waals surface area contributed by atoms with E-state index in [1.54, 1.807) is 0 Å². The molecule has 17 heavy (non-hydrogen) atoms. The van der Waals surface area contributed by atoms with Gasteiger partial charge in [0.2, 0.25) is 0 Å². The highest BCUT2D eigenvalue weighted by Gasteiger charge is 2.16. The number of rotatable bonds is 1. The zero-order valence-electron chi connectivity index (χ0n) is 10.4. The van der Waals surface area contributed by atoms with Gasteiger partial charge < -0.3 is 9.32 Å². The van der Waals surface area contributed by atoms with E-state index in [4.69, 9.17) is 4.42 Å². The van der Waals surface area contributed by atoms with Crippen molar-refractivity contribution in [2.75, 3.05) is 20.1 Å². The molecule has 0 saturated carbocycles. The third-order valence-corrected chi connectivity index (χ3v) is 3.55. The zero-order valence-corrected chi connectivity index (χ0v) is 10.4. The molecule has 0 unspecified atom stereocenters. The van der Waals surface area contributed by atoms with E-state index < -0.39 is 0 Å². The first-order valence-electron chi connectivity index (χ1n) is 6.12. The van der Waals surface area contributed by atoms with Gasteiger partial charge in [-0.1, -0.05) is 24.3 Å². The molecule has 2 heteroatoms. The second-order valence-corrected chi connectivity index (χ2v) is 4.79. The first-order valence-corrected chi connectivity index (χ1v) is 6.12. The number of fused-ring (bicyclic) bond motifs is 1. The van der Waals surface area contributed by atoms with Crippen LogP contribution in [0.3, 0.4) is 0 Å². The molecule has 1 aromatic carbocycles. The van der Waals surface area contributed by atoms with Gasteiger partial charge in [0.1, 0.15) is 11.3 Å². The number of nitrogens with zero attached hydrogens (tertiary/aromatic N) is 1. The highest BCUT2D eigenvalue weighted by molar-refractivity contribution is 5.86. The maximum Gasteiger partial charge on any atom is 0.135 e. The summed E-state index contributed by atoms with van der Waals surface area (Å²) in [6.07, 6.45) is 3.37. The topological polar surface area (TPSA) is 16.4 Å². The smallest absolute Gasteiger partial charge is 0.135 e. The number of hydrogen-bond donors (Lipinski definition) is 0. The molecular weight excluding hydrogens is 210 g/mol. The van der Waals surface area contributed by atoms with E-state index >= 15 is 0 Å². The van der Waals surface area contributed by atoms with Crippen LogP contribution in [-0.4, -0.2) is 25.0 Å². The molecule has 3 rings (SSSR count). The first-order chi connectivity index (χ1) is 8.25. The molecule has 1 aromatic heterocycles. The number of benzene rings is 1. The highest BCUT2D eigenvalue weighted by atomic mass is 16.3. The Morgan fingerprint density at radius 1 is 1.24 bits per heavy atom. The van der Waals surface area contributed by atoms with Gasteiger partial charge in [-0.05, 0) is 32.0 Å². The summed E-state index contributed by atoms with van der Waals surface area (Å²) in [5, 5.41) is 1.24. The average molecular weight is 227 g/mol. The standard InChI is InChI=1S/C15H17NO/c1-11-13-5-3-4-6-14(13)17-15(11)12-7-9-16(2)10-8-12/h3-7H,8-10H2,1-2H3. The van der Waals surface area contributed by atoms with Crippen LogP contribution in [0.1, 0.15) is 17.7 Å². The first kappa shape index (κ1) is 10.6. The van der Waals surface area contributed by atoms with Crippen LogP contribution in [0.4, 0.5) is 0 Å². The Morgan fingerprint density at radius 2 is 2.06 bits per heavy atom. The summed E-state index contributed by atoms with van der Waals surface area (Å²) in [4.78, 5) is 2.32. The molecule has 2 heterocycles. The number of likely N-dealkylation sites (N-methyl/N-ethyl adjacent to an activating group) is 1. The third kappa shape index (κ3) is 1.79. The Balaban J connectivity index is 2.09. The van der Waals surface area contributed by atoms with Gasteiger partial charge in [-0.25, -0.2) is 0 Å². The Morgan fingerprint density at radius 3 is 2.76 bits per heavy atom. The lowest BCUT2D eigenvalue weighted by atomic mass is 10.0. The lowest BCUT2D eigenvalue weighted by molar-refractivity contribution is 0.368. The van der Waals surface area contributed by atoms with Crippen molar-refractivity contribution in [1.82, 2.24) is 4.90 Å². The summed E-state index contributed by atoms with van der Waals surface area (Å²) in [5.74, 6) is 1.08. The molecule has 0 radical (unpaired) electrons.